The van der Waals surface area contributed by atoms with Gasteiger partial charge in [-0.15, -0.1) is 0 Å². The van der Waals surface area contributed by atoms with Gasteiger partial charge in [0, 0.05) is 25.7 Å². The van der Waals surface area contributed by atoms with Crippen LogP contribution in [0, 0.1) is 0 Å². The highest BCUT2D eigenvalue weighted by Gasteiger charge is 2.30. The van der Waals surface area contributed by atoms with Gasteiger partial charge in [0.2, 0.25) is 0 Å². The number of aliphatic hydroxyl groups is 1. The minimum absolute atomic E-state index is 0.0848. The molecule has 19 heteroatoms. The van der Waals surface area contributed by atoms with Crippen molar-refractivity contribution in [2.45, 2.75) is 380 Å². The second kappa shape index (κ2) is 70.5. The van der Waals surface area contributed by atoms with Crippen LogP contribution in [0.4, 0.5) is 0 Å². The van der Waals surface area contributed by atoms with Gasteiger partial charge in [-0.1, -0.05) is 275 Å². The molecule has 0 aromatic rings. The highest BCUT2D eigenvalue weighted by molar-refractivity contribution is 7.47. The molecule has 0 aliphatic heterocycles. The maximum atomic E-state index is 13.1. The summed E-state index contributed by atoms with van der Waals surface area (Å²) in [4.78, 5) is 72.8. The number of rotatable bonds is 74. The SMILES string of the molecule is CCCCC/C=C\C/C=C\CCCCCCCC(=O)O[C@H](COC(=O)CCCCCCCCCCCCCCC)COP(=O)(O)OC[C@@H](O)COP(=O)(O)OC[C@@H](COC(=O)CCCCCCC/C=C\CCCCCC)OC(=O)CCCCCCC/C=C\CCCCCCCC. The van der Waals surface area contributed by atoms with Crippen molar-refractivity contribution in [1.29, 1.82) is 0 Å². The lowest BCUT2D eigenvalue weighted by Crippen LogP contribution is -2.30. The molecule has 0 radical (unpaired) electrons. The monoisotopic (exact) mass is 1400 g/mol. The number of hydrogen-bond donors (Lipinski definition) is 3. The van der Waals surface area contributed by atoms with E-state index in [2.05, 4.69) is 76.3 Å². The molecule has 562 valence electrons. The summed E-state index contributed by atoms with van der Waals surface area (Å²) in [6.45, 7) is 4.86. The molecule has 0 rings (SSSR count). The van der Waals surface area contributed by atoms with Gasteiger partial charge >= 0.3 is 39.5 Å². The van der Waals surface area contributed by atoms with Gasteiger partial charge in [0.15, 0.2) is 12.2 Å². The second-order valence-corrected chi connectivity index (χ2v) is 29.2. The van der Waals surface area contributed by atoms with Crippen LogP contribution in [-0.2, 0) is 65.4 Å². The van der Waals surface area contributed by atoms with Gasteiger partial charge in [0.25, 0.3) is 0 Å². The first kappa shape index (κ1) is 93.0. The van der Waals surface area contributed by atoms with E-state index in [1.54, 1.807) is 0 Å². The average molecular weight is 1400 g/mol. The van der Waals surface area contributed by atoms with E-state index in [1.165, 1.54) is 141 Å². The van der Waals surface area contributed by atoms with Crippen LogP contribution >= 0.6 is 15.6 Å². The number of unbranched alkanes of at least 4 members (excludes halogenated alkanes) is 40. The molecule has 0 aromatic carbocycles. The molecule has 0 bridgehead atoms. The smallest absolute Gasteiger partial charge is 0.462 e. The Kier molecular flexibility index (Phi) is 68.3. The van der Waals surface area contributed by atoms with E-state index in [0.717, 1.165) is 141 Å². The summed E-state index contributed by atoms with van der Waals surface area (Å²) in [7, 11) is -9.94. The highest BCUT2D eigenvalue weighted by atomic mass is 31.2. The molecule has 0 aliphatic rings. The molecule has 2 unspecified atom stereocenters. The Hall–Kier alpha value is -2.98. The van der Waals surface area contributed by atoms with Crippen molar-refractivity contribution >= 4 is 39.5 Å². The summed E-state index contributed by atoms with van der Waals surface area (Å²) >= 11 is 0. The van der Waals surface area contributed by atoms with Crippen LogP contribution in [0.2, 0.25) is 0 Å². The van der Waals surface area contributed by atoms with Gasteiger partial charge in [-0.25, -0.2) is 9.13 Å². The molecule has 0 spiro atoms. The number of phosphoric acid groups is 2. The van der Waals surface area contributed by atoms with Crippen molar-refractivity contribution in [3.05, 3.63) is 48.6 Å². The topological polar surface area (TPSA) is 237 Å². The third-order valence-corrected chi connectivity index (χ3v) is 18.7. The third-order valence-electron chi connectivity index (χ3n) is 16.8. The highest BCUT2D eigenvalue weighted by Crippen LogP contribution is 2.45. The number of aliphatic hydroxyl groups excluding tert-OH is 1. The maximum absolute atomic E-state index is 13.1. The lowest BCUT2D eigenvalue weighted by atomic mass is 10.0. The van der Waals surface area contributed by atoms with Crippen molar-refractivity contribution in [2.75, 3.05) is 39.6 Å². The number of carbonyl (C=O) groups is 4. The van der Waals surface area contributed by atoms with Gasteiger partial charge in [-0.3, -0.25) is 37.3 Å². The van der Waals surface area contributed by atoms with Crippen LogP contribution in [0.5, 0.6) is 0 Å². The molecule has 0 aromatic heterocycles. The van der Waals surface area contributed by atoms with Gasteiger partial charge < -0.3 is 33.8 Å². The Labute approximate surface area is 585 Å². The Morgan fingerprint density at radius 3 is 0.812 bits per heavy atom. The van der Waals surface area contributed by atoms with Crippen molar-refractivity contribution in [3.8, 4) is 0 Å². The van der Waals surface area contributed by atoms with Crippen LogP contribution in [0.15, 0.2) is 48.6 Å². The van der Waals surface area contributed by atoms with Crippen molar-refractivity contribution < 1.29 is 80.2 Å². The Balaban J connectivity index is 5.33. The zero-order valence-corrected chi connectivity index (χ0v) is 63.1. The van der Waals surface area contributed by atoms with Crippen molar-refractivity contribution in [1.82, 2.24) is 0 Å². The zero-order valence-electron chi connectivity index (χ0n) is 61.3. The predicted octanol–water partition coefficient (Wildman–Crippen LogP) is 22.1. The van der Waals surface area contributed by atoms with Crippen LogP contribution in [0.3, 0.4) is 0 Å². The zero-order chi connectivity index (χ0) is 70.4. The van der Waals surface area contributed by atoms with E-state index in [9.17, 15) is 43.2 Å². The molecule has 0 heterocycles. The van der Waals surface area contributed by atoms with E-state index in [1.807, 2.05) is 0 Å². The minimum atomic E-state index is -4.97. The molecule has 0 aliphatic carbocycles. The van der Waals surface area contributed by atoms with Gasteiger partial charge in [-0.2, -0.15) is 0 Å². The van der Waals surface area contributed by atoms with Crippen LogP contribution in [-0.4, -0.2) is 96.7 Å². The van der Waals surface area contributed by atoms with Crippen LogP contribution < -0.4 is 0 Å². The molecular formula is C77H142O17P2. The molecular weight excluding hydrogens is 1260 g/mol. The number of carbonyl (C=O) groups excluding carboxylic acids is 4. The van der Waals surface area contributed by atoms with E-state index in [-0.39, 0.29) is 25.7 Å². The molecule has 0 saturated heterocycles. The number of hydrogen-bond acceptors (Lipinski definition) is 15. The van der Waals surface area contributed by atoms with Crippen molar-refractivity contribution in [3.63, 3.8) is 0 Å². The molecule has 5 atom stereocenters. The predicted molar refractivity (Wildman–Crippen MR) is 390 cm³/mol. The Morgan fingerprint density at radius 1 is 0.292 bits per heavy atom. The first-order valence-electron chi connectivity index (χ1n) is 38.9. The number of esters is 4. The molecule has 96 heavy (non-hydrogen) atoms. The first-order valence-corrected chi connectivity index (χ1v) is 41.9. The fourth-order valence-electron chi connectivity index (χ4n) is 10.8. The summed E-state index contributed by atoms with van der Waals surface area (Å²) < 4.78 is 68.5. The number of ether oxygens (including phenoxy) is 4. The van der Waals surface area contributed by atoms with E-state index in [4.69, 9.17) is 37.0 Å². The van der Waals surface area contributed by atoms with Crippen LogP contribution in [0.1, 0.15) is 362 Å². The third kappa shape index (κ3) is 69.5. The van der Waals surface area contributed by atoms with Crippen molar-refractivity contribution in [2.24, 2.45) is 0 Å². The fourth-order valence-corrected chi connectivity index (χ4v) is 12.3. The van der Waals surface area contributed by atoms with E-state index >= 15 is 0 Å². The van der Waals surface area contributed by atoms with E-state index < -0.39 is 97.5 Å². The summed E-state index contributed by atoms with van der Waals surface area (Å²) in [6, 6.07) is 0. The molecule has 0 saturated carbocycles. The Bertz CT molecular complexity index is 2010. The summed E-state index contributed by atoms with van der Waals surface area (Å²) in [5.74, 6) is -2.17. The molecule has 0 fully saturated rings. The minimum Gasteiger partial charge on any atom is -0.462 e. The van der Waals surface area contributed by atoms with E-state index in [0.29, 0.717) is 25.7 Å². The first-order chi connectivity index (χ1) is 46.7. The summed E-state index contributed by atoms with van der Waals surface area (Å²) in [5, 5.41) is 10.6. The van der Waals surface area contributed by atoms with Gasteiger partial charge in [0.1, 0.15) is 19.3 Å². The standard InChI is InChI=1S/C77H142O17P2/c1-5-9-13-17-21-25-29-33-35-39-43-47-51-55-59-63-76(81)93-72(67-87-74(79)61-57-53-49-45-41-37-31-27-23-19-15-11-7-3)69-91-95(83,84)89-65-71(78)66-90-96(85,86)92-70-73(68-88-75(80)62-58-54-50-46-42-38-32-28-24-20-16-12-8-4)94-77(82)64-60-56-52-48-44-40-36-34-30-26-22-18-14-10-6-2/h21,25,28,32-36,71-73,78H,5-20,22-24,26-27,29-31,37-70H2,1-4H3,(H,83,84)(H,85,86)/b25-21-,32-28-,35-33-,36-34-/t71-,72-,73-/m1/s1. The summed E-state index contributed by atoms with van der Waals surface area (Å²) in [5.41, 5.74) is 0. The number of phosphoric ester groups is 2. The maximum Gasteiger partial charge on any atom is 0.472 e. The quantitative estimate of drug-likeness (QED) is 0.0169. The lowest BCUT2D eigenvalue weighted by molar-refractivity contribution is -0.161. The lowest BCUT2D eigenvalue weighted by Gasteiger charge is -2.21. The molecule has 0 amide bonds. The van der Waals surface area contributed by atoms with Crippen LogP contribution in [0.25, 0.3) is 0 Å². The van der Waals surface area contributed by atoms with Gasteiger partial charge in [-0.05, 0) is 109 Å². The molecule has 17 nitrogen and oxygen atoms in total. The molecule has 3 N–H and O–H groups in total. The normalized spacial score (nSPS) is 14.2. The average Bonchev–Trinajstić information content (AvgIpc) is 1.19. The Morgan fingerprint density at radius 2 is 0.510 bits per heavy atom. The summed E-state index contributed by atoms with van der Waals surface area (Å²) in [6.07, 6.45) is 66.6. The fraction of sp³-hybridized carbons (Fsp3) is 0.844. The van der Waals surface area contributed by atoms with Gasteiger partial charge in [0.05, 0.1) is 26.4 Å². The number of allylic oxidation sites excluding steroid dienone is 8. The second-order valence-electron chi connectivity index (χ2n) is 26.3. The largest absolute Gasteiger partial charge is 0.472 e.